The highest BCUT2D eigenvalue weighted by molar-refractivity contribution is 4.99. The van der Waals surface area contributed by atoms with Crippen molar-refractivity contribution in [1.29, 1.82) is 0 Å². The molecule has 19 heavy (non-hydrogen) atoms. The second-order valence-corrected chi connectivity index (χ2v) is 5.11. The number of hydrogen-bond donors (Lipinski definition) is 0. The SMILES string of the molecule is Cc1cnc(CN2CCC[C@@H](c3noc(C)n3)C2)o1. The number of aromatic nitrogens is 3. The zero-order valence-corrected chi connectivity index (χ0v) is 11.3. The average Bonchev–Trinajstić information content (AvgIpc) is 2.99. The molecule has 1 aliphatic heterocycles. The lowest BCUT2D eigenvalue weighted by Crippen LogP contribution is -2.34. The van der Waals surface area contributed by atoms with Crippen molar-refractivity contribution in [3.63, 3.8) is 0 Å². The summed E-state index contributed by atoms with van der Waals surface area (Å²) in [5.74, 6) is 3.45. The monoisotopic (exact) mass is 262 g/mol. The third kappa shape index (κ3) is 2.84. The lowest BCUT2D eigenvalue weighted by Gasteiger charge is -2.30. The van der Waals surface area contributed by atoms with E-state index in [0.29, 0.717) is 11.8 Å². The standard InChI is InChI=1S/C13H18N4O2/c1-9-6-14-12(18-9)8-17-5-3-4-11(7-17)13-15-10(2)19-16-13/h6,11H,3-5,7-8H2,1-2H3/t11-/m1/s1. The molecule has 3 rings (SSSR count). The molecule has 0 radical (unpaired) electrons. The third-order valence-corrected chi connectivity index (χ3v) is 3.44. The summed E-state index contributed by atoms with van der Waals surface area (Å²) in [7, 11) is 0. The van der Waals surface area contributed by atoms with Crippen molar-refractivity contribution in [2.45, 2.75) is 39.2 Å². The molecule has 0 spiro atoms. The van der Waals surface area contributed by atoms with Crippen LogP contribution in [0.5, 0.6) is 0 Å². The van der Waals surface area contributed by atoms with Crippen LogP contribution in [0, 0.1) is 13.8 Å². The van der Waals surface area contributed by atoms with Crippen molar-refractivity contribution in [3.8, 4) is 0 Å². The Morgan fingerprint density at radius 2 is 2.32 bits per heavy atom. The Hall–Kier alpha value is -1.69. The van der Waals surface area contributed by atoms with Gasteiger partial charge in [-0.1, -0.05) is 5.16 Å². The molecule has 0 amide bonds. The molecule has 1 fully saturated rings. The fraction of sp³-hybridized carbons (Fsp3) is 0.615. The summed E-state index contributed by atoms with van der Waals surface area (Å²) >= 11 is 0. The van der Waals surface area contributed by atoms with Crippen LogP contribution in [0.1, 0.15) is 42.1 Å². The first kappa shape index (κ1) is 12.3. The second kappa shape index (κ2) is 5.13. The highest BCUT2D eigenvalue weighted by Gasteiger charge is 2.25. The topological polar surface area (TPSA) is 68.2 Å². The first-order chi connectivity index (χ1) is 9.20. The molecular weight excluding hydrogens is 244 g/mol. The van der Waals surface area contributed by atoms with Crippen LogP contribution < -0.4 is 0 Å². The van der Waals surface area contributed by atoms with Gasteiger partial charge in [0, 0.05) is 19.4 Å². The summed E-state index contributed by atoms with van der Waals surface area (Å²) in [6, 6.07) is 0. The summed E-state index contributed by atoms with van der Waals surface area (Å²) in [6.45, 7) is 6.49. The van der Waals surface area contributed by atoms with Gasteiger partial charge in [-0.05, 0) is 26.3 Å². The first-order valence-corrected chi connectivity index (χ1v) is 6.64. The Balaban J connectivity index is 1.64. The van der Waals surface area contributed by atoms with Gasteiger partial charge in [-0.15, -0.1) is 0 Å². The molecule has 102 valence electrons. The van der Waals surface area contributed by atoms with E-state index in [2.05, 4.69) is 20.0 Å². The van der Waals surface area contributed by atoms with E-state index < -0.39 is 0 Å². The lowest BCUT2D eigenvalue weighted by molar-refractivity contribution is 0.178. The van der Waals surface area contributed by atoms with E-state index in [1.54, 1.807) is 6.20 Å². The molecule has 0 bridgehead atoms. The van der Waals surface area contributed by atoms with E-state index in [1.807, 2.05) is 13.8 Å². The van der Waals surface area contributed by atoms with Crippen molar-refractivity contribution in [1.82, 2.24) is 20.0 Å². The number of oxazole rings is 1. The van der Waals surface area contributed by atoms with Crippen LogP contribution in [0.4, 0.5) is 0 Å². The number of piperidine rings is 1. The maximum Gasteiger partial charge on any atom is 0.223 e. The van der Waals surface area contributed by atoms with Crippen molar-refractivity contribution in [3.05, 3.63) is 29.6 Å². The number of hydrogen-bond acceptors (Lipinski definition) is 6. The van der Waals surface area contributed by atoms with Gasteiger partial charge in [0.05, 0.1) is 12.7 Å². The summed E-state index contributed by atoms with van der Waals surface area (Å²) < 4.78 is 10.6. The smallest absolute Gasteiger partial charge is 0.223 e. The second-order valence-electron chi connectivity index (χ2n) is 5.11. The molecule has 0 saturated carbocycles. The predicted octanol–water partition coefficient (Wildman–Crippen LogP) is 2.05. The van der Waals surface area contributed by atoms with Gasteiger partial charge in [0.2, 0.25) is 11.8 Å². The molecule has 0 aliphatic carbocycles. The molecule has 1 atom stereocenters. The summed E-state index contributed by atoms with van der Waals surface area (Å²) in [4.78, 5) is 10.9. The largest absolute Gasteiger partial charge is 0.445 e. The Labute approximate surface area is 111 Å². The van der Waals surface area contributed by atoms with Gasteiger partial charge >= 0.3 is 0 Å². The van der Waals surface area contributed by atoms with Crippen molar-refractivity contribution in [2.24, 2.45) is 0 Å². The normalized spacial score (nSPS) is 20.8. The molecular formula is C13H18N4O2. The van der Waals surface area contributed by atoms with Gasteiger partial charge in [-0.2, -0.15) is 4.98 Å². The maximum absolute atomic E-state index is 5.53. The van der Waals surface area contributed by atoms with Gasteiger partial charge < -0.3 is 8.94 Å². The van der Waals surface area contributed by atoms with Gasteiger partial charge in [-0.3, -0.25) is 4.90 Å². The minimum atomic E-state index is 0.349. The van der Waals surface area contributed by atoms with E-state index in [4.69, 9.17) is 8.94 Å². The van der Waals surface area contributed by atoms with Crippen LogP contribution in [0.25, 0.3) is 0 Å². The fourth-order valence-corrected chi connectivity index (χ4v) is 2.56. The minimum Gasteiger partial charge on any atom is -0.445 e. The molecule has 0 aromatic carbocycles. The summed E-state index contributed by atoms with van der Waals surface area (Å²) in [5.41, 5.74) is 0. The highest BCUT2D eigenvalue weighted by Crippen LogP contribution is 2.25. The highest BCUT2D eigenvalue weighted by atomic mass is 16.5. The van der Waals surface area contributed by atoms with Gasteiger partial charge in [0.1, 0.15) is 5.76 Å². The zero-order valence-electron chi connectivity index (χ0n) is 11.3. The van der Waals surface area contributed by atoms with Crippen LogP contribution in [-0.2, 0) is 6.54 Å². The molecule has 0 unspecified atom stereocenters. The molecule has 2 aromatic rings. The quantitative estimate of drug-likeness (QED) is 0.843. The van der Waals surface area contributed by atoms with Gasteiger partial charge in [0.15, 0.2) is 5.82 Å². The van der Waals surface area contributed by atoms with Crippen molar-refractivity contribution >= 4 is 0 Å². The number of likely N-dealkylation sites (tertiary alicyclic amines) is 1. The van der Waals surface area contributed by atoms with Crippen LogP contribution in [0.3, 0.4) is 0 Å². The Morgan fingerprint density at radius 1 is 1.42 bits per heavy atom. The molecule has 1 saturated heterocycles. The van der Waals surface area contributed by atoms with Crippen LogP contribution in [-0.4, -0.2) is 33.1 Å². The van der Waals surface area contributed by atoms with E-state index >= 15 is 0 Å². The fourth-order valence-electron chi connectivity index (χ4n) is 2.56. The molecule has 0 N–H and O–H groups in total. The van der Waals surface area contributed by atoms with Crippen LogP contribution >= 0.6 is 0 Å². The summed E-state index contributed by atoms with van der Waals surface area (Å²) in [5, 5.41) is 4.03. The number of rotatable bonds is 3. The number of aryl methyl sites for hydroxylation is 2. The molecule has 6 heteroatoms. The Morgan fingerprint density at radius 3 is 3.00 bits per heavy atom. The van der Waals surface area contributed by atoms with Gasteiger partial charge in [0.25, 0.3) is 0 Å². The first-order valence-electron chi connectivity index (χ1n) is 6.64. The molecule has 6 nitrogen and oxygen atoms in total. The summed E-state index contributed by atoms with van der Waals surface area (Å²) in [6.07, 6.45) is 4.01. The molecule has 1 aliphatic rings. The zero-order chi connectivity index (χ0) is 13.2. The number of nitrogens with zero attached hydrogens (tertiary/aromatic N) is 4. The van der Waals surface area contributed by atoms with Crippen LogP contribution in [0.15, 0.2) is 15.1 Å². The van der Waals surface area contributed by atoms with E-state index in [1.165, 1.54) is 0 Å². The minimum absolute atomic E-state index is 0.349. The van der Waals surface area contributed by atoms with E-state index in [0.717, 1.165) is 50.0 Å². The lowest BCUT2D eigenvalue weighted by atomic mass is 9.97. The Bertz CT molecular complexity index is 548. The molecule has 2 aromatic heterocycles. The van der Waals surface area contributed by atoms with Crippen LogP contribution in [0.2, 0.25) is 0 Å². The van der Waals surface area contributed by atoms with E-state index in [9.17, 15) is 0 Å². The van der Waals surface area contributed by atoms with Crippen molar-refractivity contribution < 1.29 is 8.94 Å². The third-order valence-electron chi connectivity index (χ3n) is 3.44. The average molecular weight is 262 g/mol. The molecule has 3 heterocycles. The predicted molar refractivity (Wildman–Crippen MR) is 67.5 cm³/mol. The van der Waals surface area contributed by atoms with Crippen molar-refractivity contribution in [2.75, 3.05) is 13.1 Å². The van der Waals surface area contributed by atoms with E-state index in [-0.39, 0.29) is 0 Å². The Kier molecular flexibility index (Phi) is 3.33. The maximum atomic E-state index is 5.53. The van der Waals surface area contributed by atoms with Gasteiger partial charge in [-0.25, -0.2) is 4.98 Å².